The second-order valence-electron chi connectivity index (χ2n) is 3.78. The van der Waals surface area contributed by atoms with Gasteiger partial charge in [-0.05, 0) is 30.4 Å². The highest BCUT2D eigenvalue weighted by Crippen LogP contribution is 2.32. The summed E-state index contributed by atoms with van der Waals surface area (Å²) in [6.45, 7) is 0. The third kappa shape index (κ3) is 1.78. The van der Waals surface area contributed by atoms with Gasteiger partial charge in [0.05, 0.1) is 13.4 Å². The second kappa shape index (κ2) is 3.97. The van der Waals surface area contributed by atoms with Gasteiger partial charge in [0.2, 0.25) is 0 Å². The molecule has 0 saturated heterocycles. The minimum absolute atomic E-state index is 0.126. The molecular weight excluding hydrogens is 216 g/mol. The van der Waals surface area contributed by atoms with Crippen LogP contribution in [-0.4, -0.2) is 16.7 Å². The van der Waals surface area contributed by atoms with Gasteiger partial charge < -0.3 is 9.47 Å². The van der Waals surface area contributed by atoms with E-state index in [1.165, 1.54) is 0 Å². The van der Waals surface area contributed by atoms with Crippen LogP contribution >= 0.6 is 0 Å². The van der Waals surface area contributed by atoms with Crippen LogP contribution in [0.4, 0.5) is 0 Å². The van der Waals surface area contributed by atoms with E-state index < -0.39 is 0 Å². The van der Waals surface area contributed by atoms with Crippen LogP contribution in [0.25, 0.3) is 6.08 Å². The summed E-state index contributed by atoms with van der Waals surface area (Å²) in [7, 11) is 1.66. The third-order valence-electron chi connectivity index (χ3n) is 2.72. The highest BCUT2D eigenvalue weighted by Gasteiger charge is 2.15. The molecule has 1 aliphatic heterocycles. The second-order valence-corrected chi connectivity index (χ2v) is 3.78. The maximum atomic E-state index is 5.86. The maximum absolute atomic E-state index is 5.86. The lowest BCUT2D eigenvalue weighted by Gasteiger charge is -2.22. The van der Waals surface area contributed by atoms with Crippen LogP contribution in [0.15, 0.2) is 43.0 Å². The zero-order chi connectivity index (χ0) is 11.7. The largest absolute Gasteiger partial charge is 0.497 e. The van der Waals surface area contributed by atoms with Crippen molar-refractivity contribution in [2.45, 2.75) is 6.23 Å². The van der Waals surface area contributed by atoms with E-state index in [-0.39, 0.29) is 6.23 Å². The minimum atomic E-state index is -0.126. The molecular formula is C13H12N2O2. The molecule has 1 atom stereocenters. The van der Waals surface area contributed by atoms with Crippen LogP contribution < -0.4 is 9.47 Å². The van der Waals surface area contributed by atoms with E-state index in [0.717, 1.165) is 17.1 Å². The van der Waals surface area contributed by atoms with E-state index in [4.69, 9.17) is 9.47 Å². The van der Waals surface area contributed by atoms with Crippen molar-refractivity contribution in [3.8, 4) is 11.5 Å². The lowest BCUT2D eigenvalue weighted by atomic mass is 10.1. The number of methoxy groups -OCH3 is 1. The van der Waals surface area contributed by atoms with E-state index >= 15 is 0 Å². The number of hydrogen-bond donors (Lipinski definition) is 0. The predicted octanol–water partition coefficient (Wildman–Crippen LogP) is 2.50. The molecule has 2 aromatic rings. The molecule has 4 nitrogen and oxygen atoms in total. The fraction of sp³-hybridized carbons (Fsp3) is 0.154. The highest BCUT2D eigenvalue weighted by molar-refractivity contribution is 5.61. The Morgan fingerprint density at radius 2 is 2.35 bits per heavy atom. The summed E-state index contributed by atoms with van der Waals surface area (Å²) in [5, 5.41) is 0. The molecule has 1 aromatic carbocycles. The van der Waals surface area contributed by atoms with Gasteiger partial charge in [0.1, 0.15) is 11.5 Å². The predicted molar refractivity (Wildman–Crippen MR) is 63.9 cm³/mol. The van der Waals surface area contributed by atoms with Crippen molar-refractivity contribution in [2.24, 2.45) is 0 Å². The van der Waals surface area contributed by atoms with Gasteiger partial charge in [-0.25, -0.2) is 4.98 Å². The monoisotopic (exact) mass is 228 g/mol. The van der Waals surface area contributed by atoms with Gasteiger partial charge in [-0.1, -0.05) is 0 Å². The number of benzene rings is 1. The van der Waals surface area contributed by atoms with Crippen molar-refractivity contribution in [3.63, 3.8) is 0 Å². The van der Waals surface area contributed by atoms with Gasteiger partial charge in [0.15, 0.2) is 6.23 Å². The summed E-state index contributed by atoms with van der Waals surface area (Å²) < 4.78 is 12.9. The van der Waals surface area contributed by atoms with Gasteiger partial charge in [-0.3, -0.25) is 4.57 Å². The number of hydrogen-bond acceptors (Lipinski definition) is 3. The van der Waals surface area contributed by atoms with Gasteiger partial charge in [-0.2, -0.15) is 0 Å². The first-order valence-electron chi connectivity index (χ1n) is 5.37. The summed E-state index contributed by atoms with van der Waals surface area (Å²) in [6.07, 6.45) is 9.25. The van der Waals surface area contributed by atoms with Gasteiger partial charge in [-0.15, -0.1) is 0 Å². The number of ether oxygens (including phenoxy) is 2. The molecule has 2 heterocycles. The Labute approximate surface area is 99.1 Å². The van der Waals surface area contributed by atoms with E-state index in [9.17, 15) is 0 Å². The molecule has 0 amide bonds. The molecule has 0 radical (unpaired) electrons. The van der Waals surface area contributed by atoms with Gasteiger partial charge in [0.25, 0.3) is 0 Å². The maximum Gasteiger partial charge on any atom is 0.196 e. The van der Waals surface area contributed by atoms with Crippen molar-refractivity contribution in [2.75, 3.05) is 7.11 Å². The van der Waals surface area contributed by atoms with Gasteiger partial charge in [0, 0.05) is 18.0 Å². The molecule has 0 spiro atoms. The molecule has 1 aromatic heterocycles. The molecule has 4 heteroatoms. The van der Waals surface area contributed by atoms with Crippen LogP contribution in [0, 0.1) is 0 Å². The van der Waals surface area contributed by atoms with Crippen LogP contribution in [-0.2, 0) is 0 Å². The van der Waals surface area contributed by atoms with Crippen molar-refractivity contribution < 1.29 is 9.47 Å². The smallest absolute Gasteiger partial charge is 0.196 e. The Kier molecular flexibility index (Phi) is 2.33. The third-order valence-corrected chi connectivity index (χ3v) is 2.72. The summed E-state index contributed by atoms with van der Waals surface area (Å²) in [6, 6.07) is 5.76. The Hall–Kier alpha value is -2.23. The minimum Gasteiger partial charge on any atom is -0.497 e. The normalized spacial score (nSPS) is 17.4. The Morgan fingerprint density at radius 3 is 3.12 bits per heavy atom. The lowest BCUT2D eigenvalue weighted by Crippen LogP contribution is -2.14. The quantitative estimate of drug-likeness (QED) is 0.792. The average molecular weight is 228 g/mol. The SMILES string of the molecule is COc1ccc2c(c1)C=CC(n1ccnc1)O2. The molecule has 0 fully saturated rings. The zero-order valence-corrected chi connectivity index (χ0v) is 9.41. The highest BCUT2D eigenvalue weighted by atomic mass is 16.5. The summed E-state index contributed by atoms with van der Waals surface area (Å²) >= 11 is 0. The van der Waals surface area contributed by atoms with E-state index in [1.54, 1.807) is 19.6 Å². The molecule has 17 heavy (non-hydrogen) atoms. The van der Waals surface area contributed by atoms with E-state index in [0.29, 0.717) is 0 Å². The molecule has 0 saturated carbocycles. The number of aromatic nitrogens is 2. The topological polar surface area (TPSA) is 36.3 Å². The fourth-order valence-corrected chi connectivity index (χ4v) is 1.83. The standard InChI is InChI=1S/C13H12N2O2/c1-16-11-3-4-12-10(8-11)2-5-13(17-12)15-7-6-14-9-15/h2-9,13H,1H3. The molecule has 1 unspecified atom stereocenters. The summed E-state index contributed by atoms with van der Waals surface area (Å²) in [4.78, 5) is 4.01. The number of imidazole rings is 1. The van der Waals surface area contributed by atoms with E-state index in [1.807, 2.05) is 41.1 Å². The lowest BCUT2D eigenvalue weighted by molar-refractivity contribution is 0.178. The first-order valence-corrected chi connectivity index (χ1v) is 5.37. The fourth-order valence-electron chi connectivity index (χ4n) is 1.83. The molecule has 0 aliphatic carbocycles. The van der Waals surface area contributed by atoms with Crippen LogP contribution in [0.2, 0.25) is 0 Å². The molecule has 0 bridgehead atoms. The van der Waals surface area contributed by atoms with E-state index in [2.05, 4.69) is 4.98 Å². The Bertz CT molecular complexity index is 547. The molecule has 86 valence electrons. The van der Waals surface area contributed by atoms with Crippen LogP contribution in [0.1, 0.15) is 11.8 Å². The number of rotatable bonds is 2. The molecule has 1 aliphatic rings. The van der Waals surface area contributed by atoms with Crippen molar-refractivity contribution in [1.29, 1.82) is 0 Å². The summed E-state index contributed by atoms with van der Waals surface area (Å²) in [5.74, 6) is 1.69. The van der Waals surface area contributed by atoms with Crippen molar-refractivity contribution in [3.05, 3.63) is 48.6 Å². The molecule has 3 rings (SSSR count). The zero-order valence-electron chi connectivity index (χ0n) is 9.41. The Morgan fingerprint density at radius 1 is 1.41 bits per heavy atom. The van der Waals surface area contributed by atoms with Crippen molar-refractivity contribution in [1.82, 2.24) is 9.55 Å². The first kappa shape index (κ1) is 9.96. The van der Waals surface area contributed by atoms with Crippen molar-refractivity contribution >= 4 is 6.08 Å². The van der Waals surface area contributed by atoms with Crippen LogP contribution in [0.3, 0.4) is 0 Å². The van der Waals surface area contributed by atoms with Crippen LogP contribution in [0.5, 0.6) is 11.5 Å². The summed E-state index contributed by atoms with van der Waals surface area (Å²) in [5.41, 5.74) is 1.03. The average Bonchev–Trinajstić information content (AvgIpc) is 2.91. The van der Waals surface area contributed by atoms with Gasteiger partial charge >= 0.3 is 0 Å². The molecule has 0 N–H and O–H groups in total. The number of fused-ring (bicyclic) bond motifs is 1. The first-order chi connectivity index (χ1) is 8.36. The number of nitrogens with zero attached hydrogens (tertiary/aromatic N) is 2. The Balaban J connectivity index is 1.92.